The topological polar surface area (TPSA) is 83.0 Å². The van der Waals surface area contributed by atoms with Crippen molar-refractivity contribution in [2.75, 3.05) is 56.1 Å². The molecule has 0 atom stereocenters. The minimum absolute atomic E-state index is 0.287. The Kier molecular flexibility index (Phi) is 9.10. The first-order chi connectivity index (χ1) is 19.3. The summed E-state index contributed by atoms with van der Waals surface area (Å²) in [5.41, 5.74) is 3.14. The lowest BCUT2D eigenvalue weighted by atomic mass is 9.83. The summed E-state index contributed by atoms with van der Waals surface area (Å²) in [6, 6.07) is 11.2. The summed E-state index contributed by atoms with van der Waals surface area (Å²) in [5, 5.41) is 10.3. The number of hydrogen-bond acceptors (Lipinski definition) is 9. The number of piperidine rings is 1. The fraction of sp³-hybridized carbons (Fsp3) is 0.467. The lowest BCUT2D eigenvalue weighted by molar-refractivity contribution is -0.0136. The number of halogens is 1. The van der Waals surface area contributed by atoms with Gasteiger partial charge in [-0.15, -0.1) is 0 Å². The zero-order valence-corrected chi connectivity index (χ0v) is 24.2. The molecule has 0 aliphatic carbocycles. The van der Waals surface area contributed by atoms with Crippen LogP contribution < -0.4 is 14.4 Å². The molecule has 0 unspecified atom stereocenters. The van der Waals surface area contributed by atoms with E-state index in [0.29, 0.717) is 42.8 Å². The number of pyridine rings is 2. The van der Waals surface area contributed by atoms with Gasteiger partial charge in [-0.05, 0) is 93.5 Å². The van der Waals surface area contributed by atoms with Gasteiger partial charge in [0.1, 0.15) is 5.82 Å². The van der Waals surface area contributed by atoms with Crippen LogP contribution in [0.15, 0.2) is 53.7 Å². The highest BCUT2D eigenvalue weighted by atomic mass is 32.2. The van der Waals surface area contributed by atoms with E-state index >= 15 is 4.39 Å². The van der Waals surface area contributed by atoms with E-state index in [1.165, 1.54) is 11.9 Å². The number of nitrogens with one attached hydrogen (secondary N) is 1. The van der Waals surface area contributed by atoms with Crippen molar-refractivity contribution in [2.24, 2.45) is 5.92 Å². The fourth-order valence-electron chi connectivity index (χ4n) is 5.32. The summed E-state index contributed by atoms with van der Waals surface area (Å²) in [6.07, 6.45) is 5.40. The van der Waals surface area contributed by atoms with E-state index in [4.69, 9.17) is 9.47 Å². The Morgan fingerprint density at radius 1 is 1.10 bits per heavy atom. The molecule has 2 aromatic heterocycles. The molecule has 40 heavy (non-hydrogen) atoms. The van der Waals surface area contributed by atoms with Gasteiger partial charge in [0.25, 0.3) is 0 Å². The van der Waals surface area contributed by atoms with Gasteiger partial charge in [0, 0.05) is 37.1 Å². The van der Waals surface area contributed by atoms with Gasteiger partial charge in [0.15, 0.2) is 0 Å². The van der Waals surface area contributed by atoms with Crippen LogP contribution in [0.2, 0.25) is 0 Å². The van der Waals surface area contributed by atoms with E-state index in [1.807, 2.05) is 44.3 Å². The molecule has 5 rings (SSSR count). The first-order valence-electron chi connectivity index (χ1n) is 13.8. The van der Waals surface area contributed by atoms with Crippen LogP contribution in [0.25, 0.3) is 11.3 Å². The highest BCUT2D eigenvalue weighted by molar-refractivity contribution is 8.00. The van der Waals surface area contributed by atoms with Crippen LogP contribution in [0.3, 0.4) is 0 Å². The first-order valence-corrected chi connectivity index (χ1v) is 14.6. The maximum atomic E-state index is 15.3. The number of ether oxygens (including phenoxy) is 2. The van der Waals surface area contributed by atoms with E-state index in [2.05, 4.69) is 30.6 Å². The third-order valence-corrected chi connectivity index (χ3v) is 8.56. The smallest absolute Gasteiger partial charge is 0.229 e. The third-order valence-electron chi connectivity index (χ3n) is 7.71. The molecule has 2 aliphatic rings. The molecule has 8 nitrogen and oxygen atoms in total. The maximum Gasteiger partial charge on any atom is 0.229 e. The molecule has 214 valence electrons. The van der Waals surface area contributed by atoms with Crippen LogP contribution in [0.4, 0.5) is 15.8 Å². The number of hydrogen-bond donors (Lipinski definition) is 2. The van der Waals surface area contributed by atoms with Crippen LogP contribution in [-0.2, 0) is 11.3 Å². The highest BCUT2D eigenvalue weighted by Crippen LogP contribution is 2.33. The van der Waals surface area contributed by atoms with Gasteiger partial charge in [0.05, 0.1) is 48.4 Å². The molecule has 0 bridgehead atoms. The van der Waals surface area contributed by atoms with Crippen molar-refractivity contribution >= 4 is 23.3 Å². The van der Waals surface area contributed by atoms with Gasteiger partial charge in [-0.25, -0.2) is 9.37 Å². The molecule has 0 amide bonds. The molecule has 1 aromatic carbocycles. The molecule has 0 saturated carbocycles. The molecule has 4 heterocycles. The van der Waals surface area contributed by atoms with E-state index < -0.39 is 5.60 Å². The number of morpholine rings is 1. The Balaban J connectivity index is 1.23. The Bertz CT molecular complexity index is 1290. The number of rotatable bonds is 9. The molecule has 3 aromatic rings. The SMILES string of the molecule is COc1ncc(N2CCOCC2)cc1SNc1ccnc(-c2ccc(CN3CCC(C(C)(C)O)CC3)cc2F)c1. The molecule has 2 aliphatic heterocycles. The summed E-state index contributed by atoms with van der Waals surface area (Å²) in [6.45, 7) is 9.32. The van der Waals surface area contributed by atoms with Crippen LogP contribution in [0.5, 0.6) is 5.88 Å². The van der Waals surface area contributed by atoms with Crippen molar-refractivity contribution in [2.45, 2.75) is 43.7 Å². The number of likely N-dealkylation sites (tertiary alicyclic amines) is 1. The number of aliphatic hydroxyl groups is 1. The zero-order valence-electron chi connectivity index (χ0n) is 23.4. The van der Waals surface area contributed by atoms with Crippen molar-refractivity contribution in [3.63, 3.8) is 0 Å². The molecule has 2 fully saturated rings. The van der Waals surface area contributed by atoms with E-state index in [1.54, 1.807) is 19.4 Å². The van der Waals surface area contributed by atoms with Gasteiger partial charge in [0.2, 0.25) is 5.88 Å². The summed E-state index contributed by atoms with van der Waals surface area (Å²) >= 11 is 1.40. The largest absolute Gasteiger partial charge is 0.480 e. The lowest BCUT2D eigenvalue weighted by Crippen LogP contribution is -2.41. The summed E-state index contributed by atoms with van der Waals surface area (Å²) < 4.78 is 29.5. The Labute approximate surface area is 240 Å². The van der Waals surface area contributed by atoms with Crippen LogP contribution in [-0.4, -0.2) is 72.1 Å². The van der Waals surface area contributed by atoms with Crippen LogP contribution in [0.1, 0.15) is 32.3 Å². The van der Waals surface area contributed by atoms with E-state index in [0.717, 1.165) is 60.9 Å². The standard InChI is InChI=1S/C30H38FN5O3S/c1-30(2,37)22-7-10-35(11-8-22)20-21-4-5-25(26(31)16-21)27-17-23(6-9-32-27)34-40-28-18-24(19-33-29(28)38-3)36-12-14-39-15-13-36/h4-6,9,16-19,22,37H,7-8,10-15,20H2,1-3H3,(H,32,34). The van der Waals surface area contributed by atoms with Gasteiger partial charge in [-0.3, -0.25) is 9.88 Å². The van der Waals surface area contributed by atoms with Crippen molar-refractivity contribution in [1.82, 2.24) is 14.9 Å². The number of anilines is 2. The number of methoxy groups -OCH3 is 1. The predicted molar refractivity (Wildman–Crippen MR) is 157 cm³/mol. The molecular weight excluding hydrogens is 529 g/mol. The molecule has 10 heteroatoms. The molecular formula is C30H38FN5O3S. The minimum Gasteiger partial charge on any atom is -0.480 e. The van der Waals surface area contributed by atoms with Crippen molar-refractivity contribution in [3.05, 3.63) is 60.2 Å². The third kappa shape index (κ3) is 7.04. The number of benzene rings is 1. The quantitative estimate of drug-likeness (QED) is 0.338. The Morgan fingerprint density at radius 3 is 2.58 bits per heavy atom. The second-order valence-corrected chi connectivity index (χ2v) is 11.8. The summed E-state index contributed by atoms with van der Waals surface area (Å²) in [5.74, 6) is 0.555. The van der Waals surface area contributed by atoms with Crippen molar-refractivity contribution < 1.29 is 19.0 Å². The number of aromatic nitrogens is 2. The molecule has 0 radical (unpaired) electrons. The second kappa shape index (κ2) is 12.7. The number of nitrogens with zero attached hydrogens (tertiary/aromatic N) is 4. The van der Waals surface area contributed by atoms with Gasteiger partial charge in [-0.1, -0.05) is 6.07 Å². The molecule has 0 spiro atoms. The Morgan fingerprint density at radius 2 is 1.88 bits per heavy atom. The Hall–Kier alpha value is -2.92. The summed E-state index contributed by atoms with van der Waals surface area (Å²) in [4.78, 5) is 14.3. The minimum atomic E-state index is -0.648. The van der Waals surface area contributed by atoms with Crippen molar-refractivity contribution in [1.29, 1.82) is 0 Å². The van der Waals surface area contributed by atoms with Gasteiger partial charge in [-0.2, -0.15) is 0 Å². The van der Waals surface area contributed by atoms with Gasteiger partial charge < -0.3 is 24.2 Å². The normalized spacial score (nSPS) is 17.2. The highest BCUT2D eigenvalue weighted by Gasteiger charge is 2.30. The fourth-order valence-corrected chi connectivity index (χ4v) is 6.08. The van der Waals surface area contributed by atoms with Gasteiger partial charge >= 0.3 is 0 Å². The van der Waals surface area contributed by atoms with Crippen LogP contribution in [0, 0.1) is 11.7 Å². The first kappa shape index (κ1) is 28.6. The van der Waals surface area contributed by atoms with Crippen LogP contribution >= 0.6 is 11.9 Å². The van der Waals surface area contributed by atoms with Crippen molar-refractivity contribution in [3.8, 4) is 17.1 Å². The van der Waals surface area contributed by atoms with E-state index in [9.17, 15) is 5.11 Å². The van der Waals surface area contributed by atoms with E-state index in [-0.39, 0.29) is 5.82 Å². The maximum absolute atomic E-state index is 15.3. The molecule has 2 N–H and O–H groups in total. The monoisotopic (exact) mass is 567 g/mol. The molecule has 2 saturated heterocycles. The summed E-state index contributed by atoms with van der Waals surface area (Å²) in [7, 11) is 1.61. The second-order valence-electron chi connectivity index (χ2n) is 11.0. The lowest BCUT2D eigenvalue weighted by Gasteiger charge is -2.37. The zero-order chi connectivity index (χ0) is 28.1. The average Bonchev–Trinajstić information content (AvgIpc) is 2.96. The average molecular weight is 568 g/mol. The predicted octanol–water partition coefficient (Wildman–Crippen LogP) is 5.23.